The molecule has 0 aliphatic rings. The normalized spacial score (nSPS) is 11.7. The maximum absolute atomic E-state index is 4.56. The van der Waals surface area contributed by atoms with Gasteiger partial charge in [-0.25, -0.2) is 4.98 Å². The highest BCUT2D eigenvalue weighted by Gasteiger charge is 2.20. The molecule has 1 nitrogen and oxygen atoms in total. The second kappa shape index (κ2) is 5.23. The second-order valence-corrected chi connectivity index (χ2v) is 8.06. The van der Waals surface area contributed by atoms with E-state index in [1.165, 1.54) is 5.44 Å². The van der Waals surface area contributed by atoms with Gasteiger partial charge in [0.15, 0.2) is 0 Å². The Morgan fingerprint density at radius 1 is 1.14 bits per heavy atom. The first-order chi connectivity index (χ1) is 6.52. The fourth-order valence-corrected chi connectivity index (χ4v) is 4.88. The summed E-state index contributed by atoms with van der Waals surface area (Å²) in [5, 5.41) is 0. The summed E-state index contributed by atoms with van der Waals surface area (Å²) in [6, 6.07) is 6.21. The molecule has 78 valence electrons. The number of rotatable bonds is 3. The fourth-order valence-electron chi connectivity index (χ4n) is 1.67. The Balaban J connectivity index is 2.99. The molecule has 0 N–H and O–H groups in total. The Labute approximate surface area is 96.2 Å². The van der Waals surface area contributed by atoms with Gasteiger partial charge in [0.2, 0.25) is 0 Å². The topological polar surface area (TPSA) is 12.9 Å². The van der Waals surface area contributed by atoms with E-state index in [4.69, 9.17) is 0 Å². The highest BCUT2D eigenvalue weighted by Crippen LogP contribution is 2.44. The summed E-state index contributed by atoms with van der Waals surface area (Å²) < 4.78 is 0.948. The number of aromatic nitrogens is 1. The molecule has 0 radical (unpaired) electrons. The Hall–Kier alpha value is 0.0600. The van der Waals surface area contributed by atoms with Gasteiger partial charge in [-0.1, -0.05) is 33.8 Å². The van der Waals surface area contributed by atoms with Gasteiger partial charge in [0.25, 0.3) is 0 Å². The third-order valence-corrected chi connectivity index (χ3v) is 5.52. The Morgan fingerprint density at radius 2 is 1.71 bits per heavy atom. The van der Waals surface area contributed by atoms with Crippen LogP contribution in [0.3, 0.4) is 0 Å². The monoisotopic (exact) mass is 273 g/mol. The van der Waals surface area contributed by atoms with E-state index in [1.54, 1.807) is 0 Å². The minimum atomic E-state index is -0.131. The molecule has 0 fully saturated rings. The lowest BCUT2D eigenvalue weighted by Crippen LogP contribution is -2.17. The van der Waals surface area contributed by atoms with Crippen molar-refractivity contribution >= 4 is 29.3 Å². The Morgan fingerprint density at radius 3 is 2.14 bits per heavy atom. The molecule has 0 saturated carbocycles. The van der Waals surface area contributed by atoms with Gasteiger partial charge in [-0.05, 0) is 47.3 Å². The Bertz CT molecular complexity index is 291. The molecular weight excluding hydrogens is 257 g/mol. The third kappa shape index (κ3) is 3.03. The third-order valence-electron chi connectivity index (χ3n) is 2.08. The van der Waals surface area contributed by atoms with Crippen LogP contribution in [0.4, 0.5) is 0 Å². The van der Waals surface area contributed by atoms with Crippen molar-refractivity contribution in [2.75, 3.05) is 0 Å². The summed E-state index contributed by atoms with van der Waals surface area (Å²) in [6.07, 6.45) is 0. The molecule has 0 bridgehead atoms. The van der Waals surface area contributed by atoms with Crippen LogP contribution in [-0.4, -0.2) is 16.3 Å². The number of hydrogen-bond donors (Lipinski definition) is 0. The van der Waals surface area contributed by atoms with E-state index >= 15 is 0 Å². The van der Waals surface area contributed by atoms with Crippen LogP contribution in [-0.2, 0) is 0 Å². The van der Waals surface area contributed by atoms with Crippen molar-refractivity contribution in [1.29, 1.82) is 0 Å². The standard InChI is InChI=1S/C11H17BrNP/c1-8(2)14(9(3)4)11-7-5-6-10(12)13-11/h5-9H,1-4H3. The highest BCUT2D eigenvalue weighted by atomic mass is 79.9. The van der Waals surface area contributed by atoms with Crippen LogP contribution in [0, 0.1) is 0 Å². The maximum atomic E-state index is 4.56. The van der Waals surface area contributed by atoms with Crippen molar-refractivity contribution in [1.82, 2.24) is 4.98 Å². The van der Waals surface area contributed by atoms with Crippen LogP contribution < -0.4 is 5.44 Å². The van der Waals surface area contributed by atoms with Gasteiger partial charge in [-0.2, -0.15) is 0 Å². The van der Waals surface area contributed by atoms with Crippen LogP contribution in [0.2, 0.25) is 0 Å². The second-order valence-electron chi connectivity index (χ2n) is 3.91. The summed E-state index contributed by atoms with van der Waals surface area (Å²) >= 11 is 3.43. The van der Waals surface area contributed by atoms with E-state index in [-0.39, 0.29) is 7.92 Å². The SMILES string of the molecule is CC(C)P(c1cccc(Br)n1)C(C)C. The van der Waals surface area contributed by atoms with Crippen molar-refractivity contribution < 1.29 is 0 Å². The van der Waals surface area contributed by atoms with Crippen molar-refractivity contribution in [3.63, 3.8) is 0 Å². The predicted molar refractivity (Wildman–Crippen MR) is 68.8 cm³/mol. The molecule has 1 aromatic heterocycles. The fraction of sp³-hybridized carbons (Fsp3) is 0.545. The summed E-state index contributed by atoms with van der Waals surface area (Å²) in [7, 11) is -0.131. The molecule has 0 unspecified atom stereocenters. The van der Waals surface area contributed by atoms with E-state index in [9.17, 15) is 0 Å². The molecule has 3 heteroatoms. The molecule has 0 amide bonds. The zero-order valence-corrected chi connectivity index (χ0v) is 11.6. The van der Waals surface area contributed by atoms with Crippen LogP contribution in [0.15, 0.2) is 22.8 Å². The van der Waals surface area contributed by atoms with Crippen molar-refractivity contribution in [2.45, 2.75) is 39.0 Å². The first-order valence-electron chi connectivity index (χ1n) is 4.93. The summed E-state index contributed by atoms with van der Waals surface area (Å²) in [6.45, 7) is 9.14. The minimum absolute atomic E-state index is 0.131. The molecule has 0 aliphatic heterocycles. The van der Waals surface area contributed by atoms with Crippen molar-refractivity contribution in [2.24, 2.45) is 0 Å². The smallest absolute Gasteiger partial charge is 0.106 e. The van der Waals surface area contributed by atoms with Gasteiger partial charge in [-0.3, -0.25) is 0 Å². The molecule has 0 atom stereocenters. The molecule has 0 spiro atoms. The molecule has 1 rings (SSSR count). The molecule has 0 saturated heterocycles. The van der Waals surface area contributed by atoms with Gasteiger partial charge in [0.05, 0.1) is 5.44 Å². The number of hydrogen-bond acceptors (Lipinski definition) is 1. The van der Waals surface area contributed by atoms with Crippen LogP contribution in [0.1, 0.15) is 27.7 Å². The summed E-state index contributed by atoms with van der Waals surface area (Å²) in [5.41, 5.74) is 2.66. The van der Waals surface area contributed by atoms with Gasteiger partial charge in [-0.15, -0.1) is 0 Å². The van der Waals surface area contributed by atoms with Crippen molar-refractivity contribution in [3.05, 3.63) is 22.8 Å². The van der Waals surface area contributed by atoms with Crippen molar-refractivity contribution in [3.8, 4) is 0 Å². The van der Waals surface area contributed by atoms with E-state index in [2.05, 4.69) is 60.7 Å². The van der Waals surface area contributed by atoms with Gasteiger partial charge >= 0.3 is 0 Å². The lowest BCUT2D eigenvalue weighted by atomic mass is 10.5. The molecule has 1 aromatic rings. The van der Waals surface area contributed by atoms with Crippen LogP contribution >= 0.6 is 23.9 Å². The molecule has 14 heavy (non-hydrogen) atoms. The first-order valence-corrected chi connectivity index (χ1v) is 7.20. The Kier molecular flexibility index (Phi) is 4.53. The zero-order chi connectivity index (χ0) is 10.7. The minimum Gasteiger partial charge on any atom is -0.241 e. The van der Waals surface area contributed by atoms with Crippen LogP contribution in [0.25, 0.3) is 0 Å². The largest absolute Gasteiger partial charge is 0.241 e. The van der Waals surface area contributed by atoms with E-state index < -0.39 is 0 Å². The maximum Gasteiger partial charge on any atom is 0.106 e. The molecular formula is C11H17BrNP. The van der Waals surface area contributed by atoms with Gasteiger partial charge < -0.3 is 0 Å². The average molecular weight is 274 g/mol. The molecule has 0 aliphatic carbocycles. The lowest BCUT2D eigenvalue weighted by Gasteiger charge is -2.24. The van der Waals surface area contributed by atoms with E-state index in [1.807, 2.05) is 6.07 Å². The van der Waals surface area contributed by atoms with Gasteiger partial charge in [0, 0.05) is 0 Å². The average Bonchev–Trinajstić information content (AvgIpc) is 2.02. The predicted octanol–water partition coefficient (Wildman–Crippen LogP) is 3.77. The van der Waals surface area contributed by atoms with E-state index in [0.29, 0.717) is 11.3 Å². The number of nitrogens with zero attached hydrogens (tertiary/aromatic N) is 1. The number of halogens is 1. The van der Waals surface area contributed by atoms with Crippen LogP contribution in [0.5, 0.6) is 0 Å². The zero-order valence-electron chi connectivity index (χ0n) is 9.16. The molecule has 0 aromatic carbocycles. The number of pyridine rings is 1. The quantitative estimate of drug-likeness (QED) is 0.604. The lowest BCUT2D eigenvalue weighted by molar-refractivity contribution is 1.02. The highest BCUT2D eigenvalue weighted by molar-refractivity contribution is 9.10. The first kappa shape index (κ1) is 12.1. The summed E-state index contributed by atoms with van der Waals surface area (Å²) in [5.74, 6) is 0. The summed E-state index contributed by atoms with van der Waals surface area (Å²) in [4.78, 5) is 4.56. The molecule has 1 heterocycles. The van der Waals surface area contributed by atoms with E-state index in [0.717, 1.165) is 4.60 Å². The van der Waals surface area contributed by atoms with Gasteiger partial charge in [0.1, 0.15) is 4.60 Å².